The number of hydrogen-bond acceptors (Lipinski definition) is 2. The van der Waals surface area contributed by atoms with Gasteiger partial charge in [-0.1, -0.05) is 20.8 Å². The van der Waals surface area contributed by atoms with Crippen LogP contribution in [0.5, 0.6) is 0 Å². The summed E-state index contributed by atoms with van der Waals surface area (Å²) in [6.45, 7) is 8.60. The van der Waals surface area contributed by atoms with Crippen LogP contribution in [-0.2, 0) is 9.47 Å². The minimum atomic E-state index is -0.168. The lowest BCUT2D eigenvalue weighted by Crippen LogP contribution is -2.35. The van der Waals surface area contributed by atoms with E-state index in [1.807, 2.05) is 0 Å². The molecule has 0 bridgehead atoms. The van der Waals surface area contributed by atoms with Crippen molar-refractivity contribution in [3.63, 3.8) is 0 Å². The summed E-state index contributed by atoms with van der Waals surface area (Å²) in [5.74, 6) is 0.732. The monoisotopic (exact) mass is 226 g/mol. The molecule has 1 spiro atoms. The van der Waals surface area contributed by atoms with Gasteiger partial charge in [-0.3, -0.25) is 0 Å². The fraction of sp³-hybridized carbons (Fsp3) is 1.00. The molecular formula is C14H26O2. The van der Waals surface area contributed by atoms with Gasteiger partial charge in [0.1, 0.15) is 0 Å². The third kappa shape index (κ3) is 3.21. The Morgan fingerprint density at radius 2 is 1.62 bits per heavy atom. The molecule has 2 rings (SSSR count). The fourth-order valence-corrected chi connectivity index (χ4v) is 2.83. The first-order valence-electron chi connectivity index (χ1n) is 6.77. The lowest BCUT2D eigenvalue weighted by molar-refractivity contribution is -0.182. The molecule has 0 aromatic rings. The van der Waals surface area contributed by atoms with Gasteiger partial charge in [0, 0.05) is 12.8 Å². The zero-order chi connectivity index (χ0) is 11.6. The zero-order valence-electron chi connectivity index (χ0n) is 11.1. The van der Waals surface area contributed by atoms with Crippen molar-refractivity contribution in [1.82, 2.24) is 0 Å². The Morgan fingerprint density at radius 1 is 1.06 bits per heavy atom. The second-order valence-electron chi connectivity index (χ2n) is 6.65. The minimum Gasteiger partial charge on any atom is -0.348 e. The van der Waals surface area contributed by atoms with E-state index in [0.29, 0.717) is 5.41 Å². The fourth-order valence-electron chi connectivity index (χ4n) is 2.83. The quantitative estimate of drug-likeness (QED) is 0.714. The molecule has 1 aliphatic carbocycles. The Hall–Kier alpha value is -0.0800. The SMILES string of the molecule is CC(C)(C)CCC1CCC2(CC1)OCCO2. The van der Waals surface area contributed by atoms with Crippen molar-refractivity contribution in [2.24, 2.45) is 11.3 Å². The van der Waals surface area contributed by atoms with Gasteiger partial charge in [-0.2, -0.15) is 0 Å². The van der Waals surface area contributed by atoms with Crippen LogP contribution in [0.3, 0.4) is 0 Å². The molecule has 0 aromatic heterocycles. The average molecular weight is 226 g/mol. The van der Waals surface area contributed by atoms with Crippen LogP contribution < -0.4 is 0 Å². The summed E-state index contributed by atoms with van der Waals surface area (Å²) in [6, 6.07) is 0. The van der Waals surface area contributed by atoms with E-state index in [-0.39, 0.29) is 5.79 Å². The van der Waals surface area contributed by atoms with E-state index in [1.165, 1.54) is 25.7 Å². The van der Waals surface area contributed by atoms with Crippen molar-refractivity contribution in [3.8, 4) is 0 Å². The summed E-state index contributed by atoms with van der Waals surface area (Å²) in [5, 5.41) is 0. The number of hydrogen-bond donors (Lipinski definition) is 0. The van der Waals surface area contributed by atoms with E-state index in [4.69, 9.17) is 9.47 Å². The number of rotatable bonds is 2. The summed E-state index contributed by atoms with van der Waals surface area (Å²) in [6.07, 6.45) is 7.52. The molecule has 1 heterocycles. The first-order valence-corrected chi connectivity index (χ1v) is 6.77. The predicted molar refractivity (Wildman–Crippen MR) is 65.3 cm³/mol. The van der Waals surface area contributed by atoms with Crippen molar-refractivity contribution in [1.29, 1.82) is 0 Å². The second-order valence-corrected chi connectivity index (χ2v) is 6.65. The molecule has 2 aliphatic rings. The molecule has 0 amide bonds. The molecule has 0 N–H and O–H groups in total. The second kappa shape index (κ2) is 4.66. The topological polar surface area (TPSA) is 18.5 Å². The summed E-state index contributed by atoms with van der Waals surface area (Å²) in [7, 11) is 0. The average Bonchev–Trinajstić information content (AvgIpc) is 2.65. The van der Waals surface area contributed by atoms with Crippen LogP contribution in [0.25, 0.3) is 0 Å². The van der Waals surface area contributed by atoms with Gasteiger partial charge in [0.05, 0.1) is 13.2 Å². The molecule has 16 heavy (non-hydrogen) atoms. The third-order valence-corrected chi connectivity index (χ3v) is 3.98. The van der Waals surface area contributed by atoms with Crippen molar-refractivity contribution >= 4 is 0 Å². The summed E-state index contributed by atoms with van der Waals surface area (Å²) >= 11 is 0. The van der Waals surface area contributed by atoms with Crippen LogP contribution in [0, 0.1) is 11.3 Å². The molecule has 1 saturated heterocycles. The standard InChI is InChI=1S/C14H26O2/c1-13(2,3)7-4-12-5-8-14(9-6-12)15-10-11-16-14/h12H,4-11H2,1-3H3. The van der Waals surface area contributed by atoms with E-state index in [9.17, 15) is 0 Å². The van der Waals surface area contributed by atoms with Gasteiger partial charge >= 0.3 is 0 Å². The minimum absolute atomic E-state index is 0.168. The molecule has 0 aromatic carbocycles. The lowest BCUT2D eigenvalue weighted by atomic mass is 9.79. The van der Waals surface area contributed by atoms with Crippen molar-refractivity contribution in [3.05, 3.63) is 0 Å². The van der Waals surface area contributed by atoms with Gasteiger partial charge in [0.2, 0.25) is 0 Å². The Kier molecular flexibility index (Phi) is 3.60. The highest BCUT2D eigenvalue weighted by Gasteiger charge is 2.40. The smallest absolute Gasteiger partial charge is 0.168 e. The van der Waals surface area contributed by atoms with Crippen LogP contribution in [0.4, 0.5) is 0 Å². The number of ether oxygens (including phenoxy) is 2. The Bertz CT molecular complexity index is 213. The molecule has 2 fully saturated rings. The highest BCUT2D eigenvalue weighted by molar-refractivity contribution is 4.83. The van der Waals surface area contributed by atoms with E-state index in [2.05, 4.69) is 20.8 Å². The van der Waals surface area contributed by atoms with E-state index in [0.717, 1.165) is 32.0 Å². The van der Waals surface area contributed by atoms with E-state index >= 15 is 0 Å². The van der Waals surface area contributed by atoms with Gasteiger partial charge in [0.15, 0.2) is 5.79 Å². The maximum absolute atomic E-state index is 5.75. The molecule has 94 valence electrons. The summed E-state index contributed by atoms with van der Waals surface area (Å²) < 4.78 is 11.5. The van der Waals surface area contributed by atoms with Crippen LogP contribution in [0.15, 0.2) is 0 Å². The van der Waals surface area contributed by atoms with Crippen molar-refractivity contribution < 1.29 is 9.47 Å². The maximum Gasteiger partial charge on any atom is 0.168 e. The Balaban J connectivity index is 1.73. The maximum atomic E-state index is 5.75. The van der Waals surface area contributed by atoms with Crippen LogP contribution >= 0.6 is 0 Å². The van der Waals surface area contributed by atoms with Gasteiger partial charge in [-0.05, 0) is 37.0 Å². The van der Waals surface area contributed by atoms with Crippen molar-refractivity contribution in [2.45, 2.75) is 65.1 Å². The van der Waals surface area contributed by atoms with Crippen LogP contribution in [0.1, 0.15) is 59.3 Å². The predicted octanol–water partition coefficient (Wildman–Crippen LogP) is 3.75. The molecule has 0 radical (unpaired) electrons. The van der Waals surface area contributed by atoms with E-state index < -0.39 is 0 Å². The van der Waals surface area contributed by atoms with Gasteiger partial charge in [-0.15, -0.1) is 0 Å². The summed E-state index contributed by atoms with van der Waals surface area (Å²) in [4.78, 5) is 0. The summed E-state index contributed by atoms with van der Waals surface area (Å²) in [5.41, 5.74) is 0.482. The molecular weight excluding hydrogens is 200 g/mol. The van der Waals surface area contributed by atoms with E-state index in [1.54, 1.807) is 0 Å². The molecule has 0 unspecified atom stereocenters. The van der Waals surface area contributed by atoms with Crippen LogP contribution in [-0.4, -0.2) is 19.0 Å². The molecule has 1 saturated carbocycles. The van der Waals surface area contributed by atoms with Gasteiger partial charge in [-0.25, -0.2) is 0 Å². The zero-order valence-corrected chi connectivity index (χ0v) is 11.1. The highest BCUT2D eigenvalue weighted by atomic mass is 16.7. The normalized spacial score (nSPS) is 26.4. The molecule has 2 heteroatoms. The largest absolute Gasteiger partial charge is 0.348 e. The first kappa shape index (κ1) is 12.4. The van der Waals surface area contributed by atoms with Gasteiger partial charge < -0.3 is 9.47 Å². The molecule has 2 nitrogen and oxygen atoms in total. The Morgan fingerprint density at radius 3 is 2.12 bits per heavy atom. The Labute approximate surface area is 99.7 Å². The molecule has 1 aliphatic heterocycles. The molecule has 0 atom stereocenters. The van der Waals surface area contributed by atoms with Crippen LogP contribution in [0.2, 0.25) is 0 Å². The van der Waals surface area contributed by atoms with Gasteiger partial charge in [0.25, 0.3) is 0 Å². The lowest BCUT2D eigenvalue weighted by Gasteiger charge is -2.36. The third-order valence-electron chi connectivity index (χ3n) is 3.98. The van der Waals surface area contributed by atoms with Crippen molar-refractivity contribution in [2.75, 3.05) is 13.2 Å². The highest BCUT2D eigenvalue weighted by Crippen LogP contribution is 2.40. The first-order chi connectivity index (χ1) is 7.49.